The van der Waals surface area contributed by atoms with Gasteiger partial charge in [-0.2, -0.15) is 4.98 Å². The van der Waals surface area contributed by atoms with Crippen LogP contribution in [0.25, 0.3) is 0 Å². The fraction of sp³-hybridized carbons (Fsp3) is 0.182. The molecular weight excluding hydrogens is 249 g/mol. The molecular formula is C11H9Cl2NO2. The van der Waals surface area contributed by atoms with Gasteiger partial charge in [-0.1, -0.05) is 17.7 Å². The minimum Gasteiger partial charge on any atom is -0.417 e. The normalized spacial score (nSPS) is 10.4. The summed E-state index contributed by atoms with van der Waals surface area (Å²) < 4.78 is 10.4. The largest absolute Gasteiger partial charge is 0.417 e. The van der Waals surface area contributed by atoms with Crippen LogP contribution in [-0.2, 0) is 5.88 Å². The lowest BCUT2D eigenvalue weighted by Gasteiger charge is -2.03. The number of ether oxygens (including phenoxy) is 1. The summed E-state index contributed by atoms with van der Waals surface area (Å²) in [5.41, 5.74) is 1.69. The van der Waals surface area contributed by atoms with Gasteiger partial charge >= 0.3 is 6.08 Å². The highest BCUT2D eigenvalue weighted by Crippen LogP contribution is 2.29. The van der Waals surface area contributed by atoms with Gasteiger partial charge in [-0.05, 0) is 24.6 Å². The quantitative estimate of drug-likeness (QED) is 0.775. The molecule has 2 rings (SSSR count). The number of benzene rings is 1. The summed E-state index contributed by atoms with van der Waals surface area (Å²) in [7, 11) is 0. The summed E-state index contributed by atoms with van der Waals surface area (Å²) in [4.78, 5) is 4.01. The van der Waals surface area contributed by atoms with E-state index in [1.807, 2.05) is 19.1 Å². The van der Waals surface area contributed by atoms with E-state index in [9.17, 15) is 0 Å². The molecule has 0 bridgehead atoms. The van der Waals surface area contributed by atoms with Crippen LogP contribution in [0.4, 0.5) is 0 Å². The van der Waals surface area contributed by atoms with Crippen molar-refractivity contribution >= 4 is 23.2 Å². The number of halogens is 2. The van der Waals surface area contributed by atoms with Crippen molar-refractivity contribution < 1.29 is 9.15 Å². The summed E-state index contributed by atoms with van der Waals surface area (Å²) in [6.45, 7) is 1.95. The molecule has 2 aromatic rings. The molecule has 0 atom stereocenters. The van der Waals surface area contributed by atoms with Crippen molar-refractivity contribution in [2.24, 2.45) is 0 Å². The first-order valence-electron chi connectivity index (χ1n) is 4.63. The second-order valence-electron chi connectivity index (χ2n) is 3.27. The Morgan fingerprint density at radius 2 is 2.25 bits per heavy atom. The maximum atomic E-state index is 6.00. The third-order valence-electron chi connectivity index (χ3n) is 1.95. The molecule has 0 fully saturated rings. The summed E-state index contributed by atoms with van der Waals surface area (Å²) in [5, 5.41) is 0.519. The van der Waals surface area contributed by atoms with E-state index in [1.165, 1.54) is 6.26 Å². The number of aryl methyl sites for hydroxylation is 1. The molecule has 0 aliphatic heterocycles. The topological polar surface area (TPSA) is 35.3 Å². The minimum absolute atomic E-state index is 0.140. The van der Waals surface area contributed by atoms with Crippen LogP contribution >= 0.6 is 23.2 Å². The molecule has 0 saturated carbocycles. The molecule has 0 aliphatic rings. The molecule has 3 nitrogen and oxygen atoms in total. The van der Waals surface area contributed by atoms with Gasteiger partial charge in [0.25, 0.3) is 0 Å². The van der Waals surface area contributed by atoms with Crippen molar-refractivity contribution in [3.63, 3.8) is 0 Å². The second kappa shape index (κ2) is 4.76. The first-order chi connectivity index (χ1) is 7.69. The minimum atomic E-state index is 0.140. The lowest BCUT2D eigenvalue weighted by molar-refractivity contribution is 0.331. The molecule has 0 aliphatic carbocycles. The van der Waals surface area contributed by atoms with E-state index >= 15 is 0 Å². The molecule has 0 spiro atoms. The van der Waals surface area contributed by atoms with E-state index in [4.69, 9.17) is 32.4 Å². The highest BCUT2D eigenvalue weighted by Gasteiger charge is 2.08. The Bertz CT molecular complexity index is 496. The first-order valence-corrected chi connectivity index (χ1v) is 5.54. The standard InChI is InChI=1S/C11H9Cl2NO2/c1-7-2-3-10(9(13)4-7)16-11-14-8(5-12)6-15-11/h2-4,6H,5H2,1H3. The Kier molecular flexibility index (Phi) is 3.36. The van der Waals surface area contributed by atoms with Crippen molar-refractivity contribution in [3.8, 4) is 11.8 Å². The molecule has 0 amide bonds. The average Bonchev–Trinajstić information content (AvgIpc) is 2.70. The zero-order valence-electron chi connectivity index (χ0n) is 8.54. The Hall–Kier alpha value is -1.19. The molecule has 0 radical (unpaired) electrons. The van der Waals surface area contributed by atoms with E-state index in [0.717, 1.165) is 5.56 Å². The molecule has 1 aromatic carbocycles. The van der Waals surface area contributed by atoms with E-state index in [2.05, 4.69) is 4.98 Å². The molecule has 0 N–H and O–H groups in total. The first kappa shape index (κ1) is 11.3. The van der Waals surface area contributed by atoms with Gasteiger partial charge in [-0.15, -0.1) is 11.6 Å². The number of hydrogen-bond acceptors (Lipinski definition) is 3. The molecule has 84 valence electrons. The Morgan fingerprint density at radius 3 is 2.88 bits per heavy atom. The predicted octanol–water partition coefficient (Wildman–Crippen LogP) is 4.17. The molecule has 5 heteroatoms. The number of hydrogen-bond donors (Lipinski definition) is 0. The maximum absolute atomic E-state index is 6.00. The zero-order valence-corrected chi connectivity index (χ0v) is 10.0. The Labute approximate surface area is 103 Å². The lowest BCUT2D eigenvalue weighted by atomic mass is 10.2. The predicted molar refractivity (Wildman–Crippen MR) is 62.3 cm³/mol. The third kappa shape index (κ3) is 2.49. The molecule has 1 heterocycles. The summed E-state index contributed by atoms with van der Waals surface area (Å²) >= 11 is 11.6. The highest BCUT2D eigenvalue weighted by atomic mass is 35.5. The van der Waals surface area contributed by atoms with Gasteiger partial charge < -0.3 is 9.15 Å². The number of aromatic nitrogens is 1. The smallest absolute Gasteiger partial charge is 0.399 e. The summed E-state index contributed by atoms with van der Waals surface area (Å²) in [6, 6.07) is 5.47. The monoisotopic (exact) mass is 257 g/mol. The van der Waals surface area contributed by atoms with E-state index in [0.29, 0.717) is 16.5 Å². The average molecular weight is 258 g/mol. The van der Waals surface area contributed by atoms with Gasteiger partial charge in [-0.25, -0.2) is 0 Å². The summed E-state index contributed by atoms with van der Waals surface area (Å²) in [6.07, 6.45) is 1.59. The number of oxazole rings is 1. The van der Waals surface area contributed by atoms with Crippen LogP contribution in [0, 0.1) is 6.92 Å². The second-order valence-corrected chi connectivity index (χ2v) is 3.95. The van der Waals surface area contributed by atoms with Gasteiger partial charge in [0.15, 0.2) is 5.75 Å². The van der Waals surface area contributed by atoms with Crippen molar-refractivity contribution in [2.75, 3.05) is 0 Å². The molecule has 1 aromatic heterocycles. The van der Waals surface area contributed by atoms with Crippen LogP contribution in [0.5, 0.6) is 11.8 Å². The van der Waals surface area contributed by atoms with E-state index in [1.54, 1.807) is 6.07 Å². The van der Waals surface area contributed by atoms with Crippen molar-refractivity contribution in [2.45, 2.75) is 12.8 Å². The van der Waals surface area contributed by atoms with Crippen LogP contribution in [0.15, 0.2) is 28.9 Å². The fourth-order valence-corrected chi connectivity index (χ4v) is 1.58. The van der Waals surface area contributed by atoms with Crippen LogP contribution in [0.2, 0.25) is 5.02 Å². The van der Waals surface area contributed by atoms with E-state index < -0.39 is 0 Å². The van der Waals surface area contributed by atoms with Gasteiger partial charge in [0.1, 0.15) is 6.26 Å². The number of rotatable bonds is 3. The number of nitrogens with zero attached hydrogens (tertiary/aromatic N) is 1. The van der Waals surface area contributed by atoms with Gasteiger partial charge in [0, 0.05) is 0 Å². The van der Waals surface area contributed by atoms with Crippen molar-refractivity contribution in [1.82, 2.24) is 4.98 Å². The molecule has 0 unspecified atom stereocenters. The Balaban J connectivity index is 2.20. The van der Waals surface area contributed by atoms with Gasteiger partial charge in [0.05, 0.1) is 16.6 Å². The van der Waals surface area contributed by atoms with Crippen molar-refractivity contribution in [1.29, 1.82) is 0 Å². The fourth-order valence-electron chi connectivity index (χ4n) is 1.18. The Morgan fingerprint density at radius 1 is 1.44 bits per heavy atom. The van der Waals surface area contributed by atoms with Crippen LogP contribution in [-0.4, -0.2) is 4.98 Å². The maximum Gasteiger partial charge on any atom is 0.399 e. The molecule has 0 saturated heterocycles. The van der Waals surface area contributed by atoms with Gasteiger partial charge in [-0.3, -0.25) is 0 Å². The highest BCUT2D eigenvalue weighted by molar-refractivity contribution is 6.32. The zero-order chi connectivity index (χ0) is 11.5. The SMILES string of the molecule is Cc1ccc(Oc2nc(CCl)co2)c(Cl)c1. The molecule has 16 heavy (non-hydrogen) atoms. The van der Waals surface area contributed by atoms with Crippen LogP contribution in [0.3, 0.4) is 0 Å². The van der Waals surface area contributed by atoms with Crippen molar-refractivity contribution in [3.05, 3.63) is 40.7 Å². The third-order valence-corrected chi connectivity index (χ3v) is 2.52. The van der Waals surface area contributed by atoms with Crippen LogP contribution in [0.1, 0.15) is 11.3 Å². The number of alkyl halides is 1. The lowest BCUT2D eigenvalue weighted by Crippen LogP contribution is -1.86. The van der Waals surface area contributed by atoms with E-state index in [-0.39, 0.29) is 12.0 Å². The summed E-state index contributed by atoms with van der Waals surface area (Å²) in [5.74, 6) is 0.796. The van der Waals surface area contributed by atoms with Crippen LogP contribution < -0.4 is 4.74 Å². The van der Waals surface area contributed by atoms with Gasteiger partial charge in [0.2, 0.25) is 0 Å².